The molecule has 0 bridgehead atoms. The van der Waals surface area contributed by atoms with Gasteiger partial charge < -0.3 is 9.97 Å². The summed E-state index contributed by atoms with van der Waals surface area (Å²) in [6.07, 6.45) is 3.72. The van der Waals surface area contributed by atoms with Gasteiger partial charge in [-0.1, -0.05) is 49.6 Å². The topological polar surface area (TPSA) is 31.6 Å². The van der Waals surface area contributed by atoms with E-state index in [1.165, 1.54) is 16.2 Å². The Morgan fingerprint density at radius 2 is 1.50 bits per heavy atom. The molecular formula is C18H14N2. The Morgan fingerprint density at radius 3 is 2.30 bits per heavy atom. The van der Waals surface area contributed by atoms with Crippen LogP contribution in [0.1, 0.15) is 11.3 Å². The fraction of sp³-hybridized carbons (Fsp3) is 0. The normalized spacial score (nSPS) is 11.4. The number of aromatic amines is 2. The lowest BCUT2D eigenvalue weighted by molar-refractivity contribution is 1.42. The van der Waals surface area contributed by atoms with Gasteiger partial charge in [-0.25, -0.2) is 0 Å². The minimum atomic E-state index is 1.01. The lowest BCUT2D eigenvalue weighted by Gasteiger charge is -1.95. The minimum Gasteiger partial charge on any atom is -0.353 e. The van der Waals surface area contributed by atoms with E-state index in [4.69, 9.17) is 0 Å². The molecule has 2 nitrogen and oxygen atoms in total. The second-order valence-electron chi connectivity index (χ2n) is 4.94. The average molecular weight is 258 g/mol. The maximum atomic E-state index is 3.91. The van der Waals surface area contributed by atoms with E-state index >= 15 is 0 Å². The van der Waals surface area contributed by atoms with Crippen LogP contribution in [0.2, 0.25) is 0 Å². The lowest BCUT2D eigenvalue weighted by atomic mass is 10.1. The second-order valence-corrected chi connectivity index (χ2v) is 4.94. The van der Waals surface area contributed by atoms with Crippen LogP contribution in [0.4, 0.5) is 0 Å². The Kier molecular flexibility index (Phi) is 2.15. The van der Waals surface area contributed by atoms with Gasteiger partial charge in [0.1, 0.15) is 0 Å². The molecule has 0 amide bonds. The zero-order valence-electron chi connectivity index (χ0n) is 11.0. The standard InChI is InChI=1S/C18H14N2/c1-3-11-13-9-10-14-12-7-5-6-8-16(12)20-18(14)17(13)19-15(11)4-2/h3-10,19-20H,1-2H2. The van der Waals surface area contributed by atoms with E-state index in [-0.39, 0.29) is 0 Å². The monoisotopic (exact) mass is 258 g/mol. The van der Waals surface area contributed by atoms with Crippen molar-refractivity contribution in [2.24, 2.45) is 0 Å². The number of aromatic nitrogens is 2. The van der Waals surface area contributed by atoms with Crippen molar-refractivity contribution >= 4 is 44.9 Å². The van der Waals surface area contributed by atoms with Crippen molar-refractivity contribution in [3.05, 3.63) is 60.8 Å². The summed E-state index contributed by atoms with van der Waals surface area (Å²) in [4.78, 5) is 6.96. The highest BCUT2D eigenvalue weighted by molar-refractivity contribution is 6.17. The Morgan fingerprint density at radius 1 is 0.750 bits per heavy atom. The number of hydrogen-bond acceptors (Lipinski definition) is 0. The summed E-state index contributed by atoms with van der Waals surface area (Å²) in [6, 6.07) is 12.7. The second kappa shape index (κ2) is 3.87. The minimum absolute atomic E-state index is 1.01. The highest BCUT2D eigenvalue weighted by Gasteiger charge is 2.12. The predicted molar refractivity (Wildman–Crippen MR) is 87.8 cm³/mol. The summed E-state index contributed by atoms with van der Waals surface area (Å²) in [5, 5.41) is 3.66. The van der Waals surface area contributed by atoms with Crippen molar-refractivity contribution in [2.75, 3.05) is 0 Å². The summed E-state index contributed by atoms with van der Waals surface area (Å²) in [5.41, 5.74) is 5.53. The molecular weight excluding hydrogens is 244 g/mol. The summed E-state index contributed by atoms with van der Waals surface area (Å²) in [5.74, 6) is 0. The third kappa shape index (κ3) is 1.28. The highest BCUT2D eigenvalue weighted by atomic mass is 14.8. The van der Waals surface area contributed by atoms with Gasteiger partial charge in [0.25, 0.3) is 0 Å². The van der Waals surface area contributed by atoms with Crippen LogP contribution in [0.15, 0.2) is 49.6 Å². The molecule has 0 aliphatic carbocycles. The fourth-order valence-electron chi connectivity index (χ4n) is 3.00. The van der Waals surface area contributed by atoms with Gasteiger partial charge in [-0.2, -0.15) is 0 Å². The summed E-state index contributed by atoms with van der Waals surface area (Å²) in [6.45, 7) is 7.78. The number of para-hydroxylation sites is 1. The number of H-pyrrole nitrogens is 2. The third-order valence-electron chi connectivity index (χ3n) is 3.93. The molecule has 2 aromatic heterocycles. The molecule has 0 radical (unpaired) electrons. The van der Waals surface area contributed by atoms with Crippen LogP contribution in [0.5, 0.6) is 0 Å². The smallest absolute Gasteiger partial charge is 0.0710 e. The Hall–Kier alpha value is -2.74. The first kappa shape index (κ1) is 11.1. The van der Waals surface area contributed by atoms with E-state index in [9.17, 15) is 0 Å². The Labute approximate surface area is 116 Å². The molecule has 0 saturated carbocycles. The fourth-order valence-corrected chi connectivity index (χ4v) is 3.00. The number of hydrogen-bond donors (Lipinski definition) is 2. The van der Waals surface area contributed by atoms with Crippen LogP contribution in [-0.4, -0.2) is 9.97 Å². The van der Waals surface area contributed by atoms with Crippen LogP contribution in [-0.2, 0) is 0 Å². The first-order valence-electron chi connectivity index (χ1n) is 6.63. The molecule has 2 heterocycles. The molecule has 0 spiro atoms. The van der Waals surface area contributed by atoms with Crippen molar-refractivity contribution in [1.82, 2.24) is 9.97 Å². The van der Waals surface area contributed by atoms with Crippen LogP contribution in [0.3, 0.4) is 0 Å². The van der Waals surface area contributed by atoms with Crippen molar-refractivity contribution in [1.29, 1.82) is 0 Å². The zero-order chi connectivity index (χ0) is 13.7. The van der Waals surface area contributed by atoms with E-state index in [1.807, 2.05) is 18.2 Å². The largest absolute Gasteiger partial charge is 0.353 e. The molecule has 20 heavy (non-hydrogen) atoms. The molecule has 2 aromatic carbocycles. The molecule has 0 aliphatic rings. The van der Waals surface area contributed by atoms with Crippen molar-refractivity contribution in [3.63, 3.8) is 0 Å². The van der Waals surface area contributed by atoms with E-state index in [1.54, 1.807) is 0 Å². The van der Waals surface area contributed by atoms with Gasteiger partial charge in [0.2, 0.25) is 0 Å². The molecule has 4 rings (SSSR count). The molecule has 2 heteroatoms. The molecule has 0 fully saturated rings. The maximum Gasteiger partial charge on any atom is 0.0710 e. The number of benzene rings is 2. The molecule has 4 aromatic rings. The Bertz CT molecular complexity index is 983. The predicted octanol–water partition coefficient (Wildman–Crippen LogP) is 5.09. The Balaban J connectivity index is 2.26. The molecule has 96 valence electrons. The molecule has 0 atom stereocenters. The van der Waals surface area contributed by atoms with Crippen LogP contribution in [0.25, 0.3) is 44.9 Å². The molecule has 0 unspecified atom stereocenters. The van der Waals surface area contributed by atoms with Crippen LogP contribution < -0.4 is 0 Å². The van der Waals surface area contributed by atoms with Gasteiger partial charge in [-0.15, -0.1) is 0 Å². The van der Waals surface area contributed by atoms with E-state index in [0.717, 1.165) is 27.8 Å². The summed E-state index contributed by atoms with van der Waals surface area (Å²) in [7, 11) is 0. The molecule has 0 aliphatic heterocycles. The maximum absolute atomic E-state index is 3.91. The third-order valence-corrected chi connectivity index (χ3v) is 3.93. The first-order chi connectivity index (χ1) is 9.83. The van der Waals surface area contributed by atoms with Gasteiger partial charge in [-0.3, -0.25) is 0 Å². The van der Waals surface area contributed by atoms with Crippen molar-refractivity contribution in [3.8, 4) is 0 Å². The van der Waals surface area contributed by atoms with Crippen molar-refractivity contribution in [2.45, 2.75) is 0 Å². The lowest BCUT2D eigenvalue weighted by Crippen LogP contribution is -1.73. The summed E-state index contributed by atoms with van der Waals surface area (Å²) < 4.78 is 0. The van der Waals surface area contributed by atoms with Crippen LogP contribution >= 0.6 is 0 Å². The van der Waals surface area contributed by atoms with Crippen LogP contribution in [0, 0.1) is 0 Å². The van der Waals surface area contributed by atoms with Crippen molar-refractivity contribution < 1.29 is 0 Å². The van der Waals surface area contributed by atoms with Gasteiger partial charge in [0, 0.05) is 32.9 Å². The molecule has 0 saturated heterocycles. The van der Waals surface area contributed by atoms with Gasteiger partial charge in [0.05, 0.1) is 11.0 Å². The van der Waals surface area contributed by atoms with E-state index < -0.39 is 0 Å². The van der Waals surface area contributed by atoms with Gasteiger partial charge in [-0.05, 0) is 12.1 Å². The first-order valence-corrected chi connectivity index (χ1v) is 6.63. The quantitative estimate of drug-likeness (QED) is 0.502. The zero-order valence-corrected chi connectivity index (χ0v) is 11.0. The average Bonchev–Trinajstić information content (AvgIpc) is 3.04. The van der Waals surface area contributed by atoms with E-state index in [0.29, 0.717) is 0 Å². The van der Waals surface area contributed by atoms with E-state index in [2.05, 4.69) is 53.5 Å². The highest BCUT2D eigenvalue weighted by Crippen LogP contribution is 2.33. The number of nitrogens with one attached hydrogen (secondary N) is 2. The SMILES string of the molecule is C=Cc1[nH]c2c(ccc3c4ccccc4[nH]c32)c1C=C. The van der Waals surface area contributed by atoms with Gasteiger partial charge in [0.15, 0.2) is 0 Å². The number of fused-ring (bicyclic) bond motifs is 5. The summed E-state index contributed by atoms with van der Waals surface area (Å²) >= 11 is 0. The van der Waals surface area contributed by atoms with Gasteiger partial charge >= 0.3 is 0 Å². The molecule has 2 N–H and O–H groups in total. The number of rotatable bonds is 2.